The molecule has 1 unspecified atom stereocenters. The smallest absolute Gasteiger partial charge is 0.254 e. The second-order valence-electron chi connectivity index (χ2n) is 5.55. The number of hydrogen-bond donors (Lipinski definition) is 1. The summed E-state index contributed by atoms with van der Waals surface area (Å²) in [5.41, 5.74) is 2.17. The van der Waals surface area contributed by atoms with Crippen LogP contribution in [0.4, 0.5) is 0 Å². The zero-order valence-electron chi connectivity index (χ0n) is 12.4. The van der Waals surface area contributed by atoms with Crippen molar-refractivity contribution in [3.63, 3.8) is 0 Å². The van der Waals surface area contributed by atoms with E-state index >= 15 is 0 Å². The predicted molar refractivity (Wildman–Crippen MR) is 92.1 cm³/mol. The lowest BCUT2D eigenvalue weighted by atomic mass is 10.1. The SMILES string of the molecule is CNCC1CCCN1C(=O)c1ccc(C2SCCS2)cc1. The maximum absolute atomic E-state index is 12.7. The van der Waals surface area contributed by atoms with Crippen molar-refractivity contribution < 1.29 is 4.79 Å². The van der Waals surface area contributed by atoms with Crippen LogP contribution in [0.25, 0.3) is 0 Å². The van der Waals surface area contributed by atoms with E-state index in [1.807, 2.05) is 47.6 Å². The van der Waals surface area contributed by atoms with Crippen molar-refractivity contribution in [3.8, 4) is 0 Å². The van der Waals surface area contributed by atoms with Gasteiger partial charge in [0.15, 0.2) is 0 Å². The molecule has 1 atom stereocenters. The third-order valence-corrected chi connectivity index (χ3v) is 7.23. The number of amides is 1. The molecule has 1 aromatic rings. The van der Waals surface area contributed by atoms with Crippen LogP contribution in [0.2, 0.25) is 0 Å². The largest absolute Gasteiger partial charge is 0.334 e. The number of benzene rings is 1. The minimum Gasteiger partial charge on any atom is -0.334 e. The van der Waals surface area contributed by atoms with Gasteiger partial charge in [-0.3, -0.25) is 4.79 Å². The van der Waals surface area contributed by atoms with Crippen molar-refractivity contribution in [2.75, 3.05) is 31.6 Å². The van der Waals surface area contributed by atoms with E-state index in [1.165, 1.54) is 17.1 Å². The summed E-state index contributed by atoms with van der Waals surface area (Å²) in [6, 6.07) is 8.62. The molecule has 0 spiro atoms. The van der Waals surface area contributed by atoms with Crippen molar-refractivity contribution in [1.29, 1.82) is 0 Å². The number of thioether (sulfide) groups is 2. The Kier molecular flexibility index (Phi) is 5.14. The average molecular weight is 322 g/mol. The van der Waals surface area contributed by atoms with Gasteiger partial charge in [-0.1, -0.05) is 12.1 Å². The van der Waals surface area contributed by atoms with Crippen LogP contribution >= 0.6 is 23.5 Å². The summed E-state index contributed by atoms with van der Waals surface area (Å²) in [6.07, 6.45) is 2.23. The highest BCUT2D eigenvalue weighted by molar-refractivity contribution is 8.19. The first-order valence-electron chi connectivity index (χ1n) is 7.58. The lowest BCUT2D eigenvalue weighted by Crippen LogP contribution is -2.40. The van der Waals surface area contributed by atoms with E-state index in [2.05, 4.69) is 17.4 Å². The highest BCUT2D eigenvalue weighted by Crippen LogP contribution is 2.45. The molecular weight excluding hydrogens is 300 g/mol. The Hall–Kier alpha value is -0.650. The monoisotopic (exact) mass is 322 g/mol. The maximum Gasteiger partial charge on any atom is 0.254 e. The minimum atomic E-state index is 0.186. The van der Waals surface area contributed by atoms with Crippen molar-refractivity contribution in [3.05, 3.63) is 35.4 Å². The van der Waals surface area contributed by atoms with Crippen LogP contribution in [-0.4, -0.2) is 48.5 Å². The highest BCUT2D eigenvalue weighted by Gasteiger charge is 2.29. The second-order valence-corrected chi connectivity index (χ2v) is 8.27. The van der Waals surface area contributed by atoms with Gasteiger partial charge in [-0.15, -0.1) is 23.5 Å². The molecule has 2 aliphatic rings. The van der Waals surface area contributed by atoms with E-state index in [9.17, 15) is 4.79 Å². The first kappa shape index (κ1) is 15.3. The highest BCUT2D eigenvalue weighted by atomic mass is 32.2. The first-order chi connectivity index (χ1) is 10.3. The van der Waals surface area contributed by atoms with Crippen LogP contribution in [0.15, 0.2) is 24.3 Å². The van der Waals surface area contributed by atoms with Gasteiger partial charge in [-0.05, 0) is 37.6 Å². The van der Waals surface area contributed by atoms with E-state index < -0.39 is 0 Å². The van der Waals surface area contributed by atoms with Gasteiger partial charge >= 0.3 is 0 Å². The van der Waals surface area contributed by atoms with E-state index in [4.69, 9.17) is 0 Å². The van der Waals surface area contributed by atoms with Gasteiger partial charge in [-0.25, -0.2) is 0 Å². The molecule has 0 aromatic heterocycles. The summed E-state index contributed by atoms with van der Waals surface area (Å²) in [4.78, 5) is 14.7. The van der Waals surface area contributed by atoms with Crippen molar-refractivity contribution in [2.45, 2.75) is 23.5 Å². The van der Waals surface area contributed by atoms with E-state index in [0.29, 0.717) is 10.6 Å². The molecule has 114 valence electrons. The number of hydrogen-bond acceptors (Lipinski definition) is 4. The Labute approximate surface area is 135 Å². The van der Waals surface area contributed by atoms with Crippen LogP contribution in [0, 0.1) is 0 Å². The van der Waals surface area contributed by atoms with Crippen LogP contribution in [0.1, 0.15) is 33.3 Å². The molecule has 2 heterocycles. The normalized spacial score (nSPS) is 22.9. The summed E-state index contributed by atoms with van der Waals surface area (Å²) >= 11 is 4.00. The minimum absolute atomic E-state index is 0.186. The zero-order chi connectivity index (χ0) is 14.7. The third-order valence-electron chi connectivity index (χ3n) is 4.13. The molecule has 2 fully saturated rings. The van der Waals surface area contributed by atoms with Gasteiger partial charge in [0.05, 0.1) is 4.58 Å². The lowest BCUT2D eigenvalue weighted by molar-refractivity contribution is 0.0737. The van der Waals surface area contributed by atoms with Crippen molar-refractivity contribution in [2.24, 2.45) is 0 Å². The average Bonchev–Trinajstić information content (AvgIpc) is 3.19. The Morgan fingerprint density at radius 3 is 2.67 bits per heavy atom. The molecule has 21 heavy (non-hydrogen) atoms. The molecule has 2 aliphatic heterocycles. The fourth-order valence-corrected chi connectivity index (χ4v) is 5.91. The molecule has 1 amide bonds. The van der Waals surface area contributed by atoms with Crippen molar-refractivity contribution >= 4 is 29.4 Å². The number of carbonyl (C=O) groups is 1. The molecule has 2 saturated heterocycles. The molecule has 5 heteroatoms. The van der Waals surface area contributed by atoms with E-state index in [1.54, 1.807) is 0 Å². The lowest BCUT2D eigenvalue weighted by Gasteiger charge is -2.24. The van der Waals surface area contributed by atoms with Gasteiger partial charge in [0.2, 0.25) is 0 Å². The Morgan fingerprint density at radius 2 is 2.00 bits per heavy atom. The quantitative estimate of drug-likeness (QED) is 0.924. The van der Waals surface area contributed by atoms with Gasteiger partial charge in [0, 0.05) is 36.2 Å². The van der Waals surface area contributed by atoms with Gasteiger partial charge in [0.25, 0.3) is 5.91 Å². The summed E-state index contributed by atoms with van der Waals surface area (Å²) in [5, 5.41) is 3.19. The molecule has 0 radical (unpaired) electrons. The standard InChI is InChI=1S/C16H22N2OS2/c1-17-11-14-3-2-8-18(14)15(19)12-4-6-13(7-5-12)16-20-9-10-21-16/h4-7,14,16-17H,2-3,8-11H2,1H3. The fraction of sp³-hybridized carbons (Fsp3) is 0.562. The molecule has 1 N–H and O–H groups in total. The number of nitrogens with zero attached hydrogens (tertiary/aromatic N) is 1. The van der Waals surface area contributed by atoms with Gasteiger partial charge in [0.1, 0.15) is 0 Å². The number of likely N-dealkylation sites (tertiary alicyclic amines) is 1. The predicted octanol–water partition coefficient (Wildman–Crippen LogP) is 2.99. The fourth-order valence-electron chi connectivity index (χ4n) is 3.05. The van der Waals surface area contributed by atoms with Gasteiger partial charge in [-0.2, -0.15) is 0 Å². The Bertz CT molecular complexity index is 486. The summed E-state index contributed by atoms with van der Waals surface area (Å²) in [6.45, 7) is 1.78. The summed E-state index contributed by atoms with van der Waals surface area (Å²) < 4.78 is 0.554. The molecule has 3 nitrogen and oxygen atoms in total. The van der Waals surface area contributed by atoms with Crippen LogP contribution in [0.5, 0.6) is 0 Å². The molecule has 0 saturated carbocycles. The van der Waals surface area contributed by atoms with Crippen LogP contribution < -0.4 is 5.32 Å². The first-order valence-corrected chi connectivity index (χ1v) is 9.68. The maximum atomic E-state index is 12.7. The number of likely N-dealkylation sites (N-methyl/N-ethyl adjacent to an activating group) is 1. The topological polar surface area (TPSA) is 32.3 Å². The van der Waals surface area contributed by atoms with E-state index in [-0.39, 0.29) is 5.91 Å². The molecule has 1 aromatic carbocycles. The Balaban J connectivity index is 1.69. The van der Waals surface area contributed by atoms with Crippen molar-refractivity contribution in [1.82, 2.24) is 10.2 Å². The Morgan fingerprint density at radius 1 is 1.29 bits per heavy atom. The summed E-state index contributed by atoms with van der Waals surface area (Å²) in [7, 11) is 1.95. The van der Waals surface area contributed by atoms with E-state index in [0.717, 1.165) is 31.5 Å². The van der Waals surface area contributed by atoms with Crippen LogP contribution in [-0.2, 0) is 0 Å². The molecule has 3 rings (SSSR count). The van der Waals surface area contributed by atoms with Crippen LogP contribution in [0.3, 0.4) is 0 Å². The van der Waals surface area contributed by atoms with Gasteiger partial charge < -0.3 is 10.2 Å². The second kappa shape index (κ2) is 7.07. The number of nitrogens with one attached hydrogen (secondary N) is 1. The number of rotatable bonds is 4. The molecule has 0 aliphatic carbocycles. The third kappa shape index (κ3) is 3.41. The summed E-state index contributed by atoms with van der Waals surface area (Å²) in [5.74, 6) is 2.65. The zero-order valence-corrected chi connectivity index (χ0v) is 14.0. The number of carbonyl (C=O) groups excluding carboxylic acids is 1. The molecular formula is C16H22N2OS2. The molecule has 0 bridgehead atoms.